The second-order valence-electron chi connectivity index (χ2n) is 2.51. The minimum absolute atomic E-state index is 0.181. The van der Waals surface area contributed by atoms with Gasteiger partial charge in [0.05, 0.1) is 6.10 Å². The van der Waals surface area contributed by atoms with E-state index in [0.717, 1.165) is 19.3 Å². The van der Waals surface area contributed by atoms with E-state index in [1.165, 1.54) is 6.08 Å². The van der Waals surface area contributed by atoms with E-state index in [1.807, 2.05) is 0 Å². The molecule has 0 bridgehead atoms. The molecule has 1 rings (SSSR count). The summed E-state index contributed by atoms with van der Waals surface area (Å²) < 4.78 is 0. The van der Waals surface area contributed by atoms with Crippen LogP contribution < -0.4 is 0 Å². The lowest BCUT2D eigenvalue weighted by molar-refractivity contribution is 0.180. The third-order valence-corrected chi connectivity index (χ3v) is 1.75. The SMILES string of the molecule is O=C=CC1CCC(O)C1. The van der Waals surface area contributed by atoms with E-state index in [9.17, 15) is 4.79 Å². The summed E-state index contributed by atoms with van der Waals surface area (Å²) in [5.74, 6) is 2.03. The van der Waals surface area contributed by atoms with Gasteiger partial charge >= 0.3 is 0 Å². The third kappa shape index (κ3) is 1.67. The van der Waals surface area contributed by atoms with Gasteiger partial charge in [0.25, 0.3) is 0 Å². The Morgan fingerprint density at radius 2 is 2.33 bits per heavy atom. The second kappa shape index (κ2) is 2.81. The van der Waals surface area contributed by atoms with Gasteiger partial charge in [-0.05, 0) is 25.2 Å². The van der Waals surface area contributed by atoms with Crippen molar-refractivity contribution in [1.82, 2.24) is 0 Å². The molecule has 2 nitrogen and oxygen atoms in total. The number of carbonyl (C=O) groups excluding carboxylic acids is 1. The molecule has 0 spiro atoms. The Morgan fingerprint density at radius 1 is 1.56 bits per heavy atom. The van der Waals surface area contributed by atoms with E-state index in [4.69, 9.17) is 5.11 Å². The molecular weight excluding hydrogens is 116 g/mol. The molecule has 2 unspecified atom stereocenters. The molecule has 0 amide bonds. The van der Waals surface area contributed by atoms with E-state index < -0.39 is 0 Å². The van der Waals surface area contributed by atoms with Crippen LogP contribution in [0.4, 0.5) is 0 Å². The van der Waals surface area contributed by atoms with Gasteiger partial charge < -0.3 is 5.11 Å². The van der Waals surface area contributed by atoms with Gasteiger partial charge in [0.2, 0.25) is 0 Å². The topological polar surface area (TPSA) is 37.3 Å². The number of aliphatic hydroxyl groups is 1. The fourth-order valence-electron chi connectivity index (χ4n) is 1.24. The molecule has 0 aromatic rings. The van der Waals surface area contributed by atoms with Crippen molar-refractivity contribution in [3.63, 3.8) is 0 Å². The smallest absolute Gasteiger partial charge is 0.120 e. The summed E-state index contributed by atoms with van der Waals surface area (Å²) >= 11 is 0. The van der Waals surface area contributed by atoms with Crippen LogP contribution in [0.15, 0.2) is 6.08 Å². The number of hydrogen-bond acceptors (Lipinski definition) is 2. The monoisotopic (exact) mass is 126 g/mol. The van der Waals surface area contributed by atoms with E-state index in [1.54, 1.807) is 5.94 Å². The fraction of sp³-hybridized carbons (Fsp3) is 0.714. The average Bonchev–Trinajstić information content (AvgIpc) is 2.17. The minimum atomic E-state index is -0.181. The summed E-state index contributed by atoms with van der Waals surface area (Å²) in [5.41, 5.74) is 0. The van der Waals surface area contributed by atoms with Gasteiger partial charge in [-0.15, -0.1) is 0 Å². The third-order valence-electron chi connectivity index (χ3n) is 1.75. The van der Waals surface area contributed by atoms with Crippen LogP contribution in [0.25, 0.3) is 0 Å². The summed E-state index contributed by atoms with van der Waals surface area (Å²) in [6.45, 7) is 0. The molecule has 0 aromatic heterocycles. The molecule has 0 saturated heterocycles. The summed E-state index contributed by atoms with van der Waals surface area (Å²) in [6.07, 6.45) is 3.85. The Kier molecular flexibility index (Phi) is 2.04. The van der Waals surface area contributed by atoms with E-state index >= 15 is 0 Å². The molecule has 1 saturated carbocycles. The van der Waals surface area contributed by atoms with Crippen molar-refractivity contribution in [2.24, 2.45) is 5.92 Å². The van der Waals surface area contributed by atoms with Crippen LogP contribution in [-0.2, 0) is 4.79 Å². The largest absolute Gasteiger partial charge is 0.393 e. The van der Waals surface area contributed by atoms with Crippen molar-refractivity contribution in [2.45, 2.75) is 25.4 Å². The minimum Gasteiger partial charge on any atom is -0.393 e. The predicted molar refractivity (Wildman–Crippen MR) is 33.6 cm³/mol. The lowest BCUT2D eigenvalue weighted by Crippen LogP contribution is -1.98. The maximum absolute atomic E-state index is 9.81. The van der Waals surface area contributed by atoms with Gasteiger partial charge in [-0.1, -0.05) is 0 Å². The lowest BCUT2D eigenvalue weighted by Gasteiger charge is -1.96. The highest BCUT2D eigenvalue weighted by Gasteiger charge is 2.20. The van der Waals surface area contributed by atoms with E-state index in [-0.39, 0.29) is 12.0 Å². The zero-order valence-electron chi connectivity index (χ0n) is 5.21. The molecule has 0 heterocycles. The van der Waals surface area contributed by atoms with E-state index in [2.05, 4.69) is 0 Å². The van der Waals surface area contributed by atoms with Crippen molar-refractivity contribution >= 4 is 5.94 Å². The van der Waals surface area contributed by atoms with Crippen LogP contribution >= 0.6 is 0 Å². The van der Waals surface area contributed by atoms with Crippen LogP contribution in [0.5, 0.6) is 0 Å². The van der Waals surface area contributed by atoms with Gasteiger partial charge in [0, 0.05) is 6.08 Å². The van der Waals surface area contributed by atoms with Crippen molar-refractivity contribution in [3.8, 4) is 0 Å². The van der Waals surface area contributed by atoms with Crippen molar-refractivity contribution in [2.75, 3.05) is 0 Å². The first-order valence-corrected chi connectivity index (χ1v) is 3.22. The summed E-state index contributed by atoms with van der Waals surface area (Å²) in [5, 5.41) is 8.98. The molecule has 0 aromatic carbocycles. The Bertz CT molecular complexity index is 136. The standard InChI is InChI=1S/C7H10O2/c8-4-3-6-1-2-7(9)5-6/h3,6-7,9H,1-2,5H2. The van der Waals surface area contributed by atoms with Crippen LogP contribution in [0.2, 0.25) is 0 Å². The number of allylic oxidation sites excluding steroid dienone is 1. The van der Waals surface area contributed by atoms with Crippen LogP contribution in [0, 0.1) is 5.92 Å². The molecule has 50 valence electrons. The lowest BCUT2D eigenvalue weighted by atomic mass is 10.1. The van der Waals surface area contributed by atoms with Gasteiger partial charge in [-0.3, -0.25) is 0 Å². The van der Waals surface area contributed by atoms with Gasteiger partial charge in [-0.25, -0.2) is 4.79 Å². The zero-order chi connectivity index (χ0) is 6.69. The number of aliphatic hydroxyl groups excluding tert-OH is 1. The molecule has 1 fully saturated rings. The normalized spacial score (nSPS) is 33.9. The maximum Gasteiger partial charge on any atom is 0.120 e. The van der Waals surface area contributed by atoms with Crippen molar-refractivity contribution < 1.29 is 9.90 Å². The Labute approximate surface area is 54.2 Å². The summed E-state index contributed by atoms with van der Waals surface area (Å²) in [6, 6.07) is 0. The molecule has 1 aliphatic carbocycles. The first kappa shape index (κ1) is 6.53. The van der Waals surface area contributed by atoms with Gasteiger partial charge in [0.15, 0.2) is 0 Å². The Morgan fingerprint density at radius 3 is 2.78 bits per heavy atom. The Balaban J connectivity index is 2.38. The highest BCUT2D eigenvalue weighted by molar-refractivity contribution is 5.45. The average molecular weight is 126 g/mol. The molecule has 0 aliphatic heterocycles. The molecule has 1 aliphatic rings. The van der Waals surface area contributed by atoms with E-state index in [0.29, 0.717) is 0 Å². The first-order chi connectivity index (χ1) is 4.33. The summed E-state index contributed by atoms with van der Waals surface area (Å²) in [4.78, 5) is 9.81. The van der Waals surface area contributed by atoms with Crippen LogP contribution in [-0.4, -0.2) is 17.2 Å². The predicted octanol–water partition coefficient (Wildman–Crippen LogP) is 0.535. The first-order valence-electron chi connectivity index (χ1n) is 3.22. The molecule has 2 atom stereocenters. The molecule has 2 heteroatoms. The maximum atomic E-state index is 9.81. The van der Waals surface area contributed by atoms with Crippen molar-refractivity contribution in [1.29, 1.82) is 0 Å². The van der Waals surface area contributed by atoms with Gasteiger partial charge in [-0.2, -0.15) is 0 Å². The molecule has 1 N–H and O–H groups in total. The summed E-state index contributed by atoms with van der Waals surface area (Å²) in [7, 11) is 0. The fourth-order valence-corrected chi connectivity index (χ4v) is 1.24. The highest BCUT2D eigenvalue weighted by atomic mass is 16.3. The van der Waals surface area contributed by atoms with Crippen molar-refractivity contribution in [3.05, 3.63) is 6.08 Å². The Hall–Kier alpha value is -0.590. The quantitative estimate of drug-likeness (QED) is 0.520. The second-order valence-corrected chi connectivity index (χ2v) is 2.51. The number of hydrogen-bond donors (Lipinski definition) is 1. The van der Waals surface area contributed by atoms with Crippen LogP contribution in [0.1, 0.15) is 19.3 Å². The van der Waals surface area contributed by atoms with Gasteiger partial charge in [0.1, 0.15) is 5.94 Å². The zero-order valence-corrected chi connectivity index (χ0v) is 5.21. The van der Waals surface area contributed by atoms with Crippen LogP contribution in [0.3, 0.4) is 0 Å². The number of rotatable bonds is 1. The molecule has 9 heavy (non-hydrogen) atoms. The molecule has 0 radical (unpaired) electrons. The molecular formula is C7H10O2. The highest BCUT2D eigenvalue weighted by Crippen LogP contribution is 2.25.